The van der Waals surface area contributed by atoms with Crippen LogP contribution in [0.25, 0.3) is 0 Å². The van der Waals surface area contributed by atoms with E-state index in [1.165, 1.54) is 0 Å². The minimum atomic E-state index is -0.793. The lowest BCUT2D eigenvalue weighted by atomic mass is 10.3. The normalized spacial score (nSPS) is 9.25. The Balaban J connectivity index is 3.87. The van der Waals surface area contributed by atoms with Gasteiger partial charge in [-0.1, -0.05) is 11.8 Å². The number of aliphatic hydroxyl groups is 2. The minimum absolute atomic E-state index is 0.0714. The minimum Gasteiger partial charge on any atom is -0.396 e. The molecule has 0 fully saturated rings. The van der Waals surface area contributed by atoms with E-state index in [9.17, 15) is 0 Å². The second kappa shape index (κ2) is 7.70. The Labute approximate surface area is 72.6 Å². The van der Waals surface area contributed by atoms with Gasteiger partial charge in [-0.15, -0.1) is 0 Å². The Bertz CT molecular complexity index is 285. The summed E-state index contributed by atoms with van der Waals surface area (Å²) in [4.78, 5) is 0. The third-order valence-corrected chi connectivity index (χ3v) is 0.954. The van der Waals surface area contributed by atoms with Crippen molar-refractivity contribution in [2.45, 2.75) is 19.4 Å². The molecule has 12 heavy (non-hydrogen) atoms. The van der Waals surface area contributed by atoms with Crippen molar-refractivity contribution in [3.05, 3.63) is 0 Å². The van der Waals surface area contributed by atoms with Gasteiger partial charge >= 0.3 is 0 Å². The molecule has 1 atom stereocenters. The molecular formula is C10H10O2. The zero-order valence-corrected chi connectivity index (χ0v) is 6.89. The SMILES string of the molecule is CC#CC#CC#C[C@H](O)CCO. The fraction of sp³-hybridized carbons (Fsp3) is 0.400. The number of rotatable bonds is 2. The predicted molar refractivity (Wildman–Crippen MR) is 46.7 cm³/mol. The fourth-order valence-electron chi connectivity index (χ4n) is 0.439. The average Bonchev–Trinajstić information content (AvgIpc) is 2.05. The first-order chi connectivity index (χ1) is 5.81. The molecule has 0 aromatic heterocycles. The van der Waals surface area contributed by atoms with Crippen molar-refractivity contribution in [1.29, 1.82) is 0 Å². The molecule has 0 spiro atoms. The van der Waals surface area contributed by atoms with Gasteiger partial charge in [-0.3, -0.25) is 0 Å². The molecule has 0 aromatic rings. The molecule has 0 saturated heterocycles. The molecule has 0 radical (unpaired) electrons. The van der Waals surface area contributed by atoms with E-state index in [1.54, 1.807) is 6.92 Å². The van der Waals surface area contributed by atoms with Crippen molar-refractivity contribution in [2.24, 2.45) is 0 Å². The fourth-order valence-corrected chi connectivity index (χ4v) is 0.439. The summed E-state index contributed by atoms with van der Waals surface area (Å²) in [7, 11) is 0. The molecule has 2 heteroatoms. The summed E-state index contributed by atoms with van der Waals surface area (Å²) < 4.78 is 0. The van der Waals surface area contributed by atoms with Crippen LogP contribution >= 0.6 is 0 Å². The molecule has 0 aliphatic rings. The molecule has 2 nitrogen and oxygen atoms in total. The van der Waals surface area contributed by atoms with Crippen LogP contribution in [0, 0.1) is 35.5 Å². The summed E-state index contributed by atoms with van der Waals surface area (Å²) in [5, 5.41) is 17.4. The molecule has 0 aromatic carbocycles. The maximum atomic E-state index is 8.97. The maximum absolute atomic E-state index is 8.97. The molecule has 0 bridgehead atoms. The van der Waals surface area contributed by atoms with E-state index in [0.717, 1.165) is 0 Å². The van der Waals surface area contributed by atoms with Gasteiger partial charge in [-0.25, -0.2) is 0 Å². The number of hydrogen-bond acceptors (Lipinski definition) is 2. The Morgan fingerprint density at radius 3 is 2.42 bits per heavy atom. The van der Waals surface area contributed by atoms with E-state index in [-0.39, 0.29) is 13.0 Å². The lowest BCUT2D eigenvalue weighted by molar-refractivity contribution is 0.177. The highest BCUT2D eigenvalue weighted by atomic mass is 16.3. The van der Waals surface area contributed by atoms with E-state index >= 15 is 0 Å². The van der Waals surface area contributed by atoms with Crippen LogP contribution in [0.2, 0.25) is 0 Å². The van der Waals surface area contributed by atoms with Crippen LogP contribution < -0.4 is 0 Å². The van der Waals surface area contributed by atoms with E-state index in [2.05, 4.69) is 35.5 Å². The van der Waals surface area contributed by atoms with Crippen LogP contribution in [0.3, 0.4) is 0 Å². The van der Waals surface area contributed by atoms with E-state index in [1.807, 2.05) is 0 Å². The summed E-state index contributed by atoms with van der Waals surface area (Å²) in [6.07, 6.45) is -0.535. The lowest BCUT2D eigenvalue weighted by Gasteiger charge is -1.95. The second-order valence-electron chi connectivity index (χ2n) is 1.92. The number of aliphatic hydroxyl groups excluding tert-OH is 2. The molecule has 62 valence electrons. The highest BCUT2D eigenvalue weighted by molar-refractivity contribution is 5.35. The summed E-state index contributed by atoms with van der Waals surface area (Å²) >= 11 is 0. The zero-order chi connectivity index (χ0) is 9.23. The molecule has 2 N–H and O–H groups in total. The summed E-state index contributed by atoms with van der Waals surface area (Å²) in [5.41, 5.74) is 0. The Morgan fingerprint density at radius 2 is 1.83 bits per heavy atom. The third kappa shape index (κ3) is 6.72. The van der Waals surface area contributed by atoms with Crippen LogP contribution in [0.15, 0.2) is 0 Å². The average molecular weight is 162 g/mol. The van der Waals surface area contributed by atoms with E-state index in [0.29, 0.717) is 0 Å². The van der Waals surface area contributed by atoms with Gasteiger partial charge in [0.15, 0.2) is 0 Å². The monoisotopic (exact) mass is 162 g/mol. The predicted octanol–water partition coefficient (Wildman–Crippen LogP) is -0.240. The Morgan fingerprint density at radius 1 is 1.17 bits per heavy atom. The van der Waals surface area contributed by atoms with Crippen molar-refractivity contribution in [1.82, 2.24) is 0 Å². The quantitative estimate of drug-likeness (QED) is 0.550. The van der Waals surface area contributed by atoms with Gasteiger partial charge in [0.2, 0.25) is 0 Å². The van der Waals surface area contributed by atoms with Gasteiger partial charge in [0.05, 0.1) is 0 Å². The van der Waals surface area contributed by atoms with Gasteiger partial charge in [0.25, 0.3) is 0 Å². The highest BCUT2D eigenvalue weighted by Crippen LogP contribution is 1.85. The molecule has 0 saturated carbocycles. The molecule has 0 unspecified atom stereocenters. The number of hydrogen-bond donors (Lipinski definition) is 2. The molecular weight excluding hydrogens is 152 g/mol. The van der Waals surface area contributed by atoms with Gasteiger partial charge in [0.1, 0.15) is 6.10 Å². The van der Waals surface area contributed by atoms with Gasteiger partial charge in [0, 0.05) is 13.0 Å². The summed E-state index contributed by atoms with van der Waals surface area (Å²) in [6, 6.07) is 0. The topological polar surface area (TPSA) is 40.5 Å². The molecule has 0 amide bonds. The van der Waals surface area contributed by atoms with Crippen LogP contribution in [-0.2, 0) is 0 Å². The first-order valence-electron chi connectivity index (χ1n) is 3.52. The molecule has 0 aliphatic heterocycles. The Hall–Kier alpha value is -1.40. The van der Waals surface area contributed by atoms with Gasteiger partial charge in [-0.05, 0) is 30.6 Å². The van der Waals surface area contributed by atoms with Crippen molar-refractivity contribution in [3.8, 4) is 35.5 Å². The van der Waals surface area contributed by atoms with Crippen LogP contribution in [-0.4, -0.2) is 22.9 Å². The second-order valence-corrected chi connectivity index (χ2v) is 1.92. The maximum Gasteiger partial charge on any atom is 0.117 e. The van der Waals surface area contributed by atoms with Gasteiger partial charge in [-0.2, -0.15) is 0 Å². The van der Waals surface area contributed by atoms with Crippen molar-refractivity contribution in [2.75, 3.05) is 6.61 Å². The summed E-state index contributed by atoms with van der Waals surface area (Å²) in [6.45, 7) is 1.61. The molecule has 0 rings (SSSR count). The smallest absolute Gasteiger partial charge is 0.117 e. The first kappa shape index (κ1) is 10.6. The summed E-state index contributed by atoms with van der Waals surface area (Å²) in [5.74, 6) is 14.9. The van der Waals surface area contributed by atoms with E-state index < -0.39 is 6.10 Å². The van der Waals surface area contributed by atoms with Crippen LogP contribution in [0.1, 0.15) is 13.3 Å². The standard InChI is InChI=1S/C10H10O2/c1-2-3-4-5-6-7-10(12)8-9-11/h10-12H,8-9H2,1H3/t10-/m0/s1. The Kier molecular flexibility index (Phi) is 6.81. The lowest BCUT2D eigenvalue weighted by Crippen LogP contribution is -2.04. The van der Waals surface area contributed by atoms with Crippen LogP contribution in [0.5, 0.6) is 0 Å². The van der Waals surface area contributed by atoms with Crippen molar-refractivity contribution in [3.63, 3.8) is 0 Å². The highest BCUT2D eigenvalue weighted by Gasteiger charge is 1.94. The van der Waals surface area contributed by atoms with Crippen molar-refractivity contribution < 1.29 is 10.2 Å². The zero-order valence-electron chi connectivity index (χ0n) is 6.89. The van der Waals surface area contributed by atoms with Gasteiger partial charge < -0.3 is 10.2 Å². The third-order valence-electron chi connectivity index (χ3n) is 0.954. The van der Waals surface area contributed by atoms with Crippen molar-refractivity contribution >= 4 is 0 Å². The molecule has 0 aliphatic carbocycles. The first-order valence-corrected chi connectivity index (χ1v) is 3.52. The van der Waals surface area contributed by atoms with E-state index in [4.69, 9.17) is 10.2 Å². The largest absolute Gasteiger partial charge is 0.396 e. The van der Waals surface area contributed by atoms with Crippen LogP contribution in [0.4, 0.5) is 0 Å². The molecule has 0 heterocycles.